The van der Waals surface area contributed by atoms with Crippen molar-refractivity contribution >= 4 is 23.4 Å². The van der Waals surface area contributed by atoms with Crippen LogP contribution in [0.15, 0.2) is 24.3 Å². The van der Waals surface area contributed by atoms with Gasteiger partial charge in [0.2, 0.25) is 11.8 Å². The Morgan fingerprint density at radius 2 is 1.93 bits per heavy atom. The first kappa shape index (κ1) is 21.1. The monoisotopic (exact) mass is 405 g/mol. The number of carbonyl (C=O) groups excluding carboxylic acids is 2. The van der Waals surface area contributed by atoms with E-state index in [1.807, 2.05) is 34.9 Å². The number of likely N-dealkylation sites (tertiary alicyclic amines) is 1. The summed E-state index contributed by atoms with van der Waals surface area (Å²) in [5.41, 5.74) is 1.20. The lowest BCUT2D eigenvalue weighted by Crippen LogP contribution is -2.56. The smallest absolute Gasteiger partial charge is 0.227 e. The van der Waals surface area contributed by atoms with Crippen LogP contribution in [0.2, 0.25) is 5.02 Å². The Labute approximate surface area is 173 Å². The van der Waals surface area contributed by atoms with Crippen LogP contribution in [-0.4, -0.2) is 65.3 Å². The third kappa shape index (κ3) is 5.06. The highest BCUT2D eigenvalue weighted by molar-refractivity contribution is 6.30. The van der Waals surface area contributed by atoms with Crippen LogP contribution in [0.1, 0.15) is 39.2 Å². The van der Waals surface area contributed by atoms with Gasteiger partial charge in [-0.25, -0.2) is 0 Å². The molecule has 2 heterocycles. The van der Waals surface area contributed by atoms with Gasteiger partial charge in [0.25, 0.3) is 0 Å². The van der Waals surface area contributed by atoms with Crippen molar-refractivity contribution in [2.75, 3.05) is 32.7 Å². The first-order valence-corrected chi connectivity index (χ1v) is 10.8. The maximum atomic E-state index is 13.2. The van der Waals surface area contributed by atoms with E-state index in [0.29, 0.717) is 18.8 Å². The van der Waals surface area contributed by atoms with Gasteiger partial charge < -0.3 is 9.80 Å². The van der Waals surface area contributed by atoms with Crippen molar-refractivity contribution in [3.05, 3.63) is 34.9 Å². The van der Waals surface area contributed by atoms with Crippen molar-refractivity contribution in [1.29, 1.82) is 0 Å². The van der Waals surface area contributed by atoms with Gasteiger partial charge in [-0.05, 0) is 37.0 Å². The second kappa shape index (κ2) is 9.27. The molecule has 2 fully saturated rings. The van der Waals surface area contributed by atoms with Crippen LogP contribution < -0.4 is 0 Å². The molecule has 2 aliphatic rings. The minimum Gasteiger partial charge on any atom is -0.340 e. The number of piperidine rings is 1. The molecule has 2 saturated heterocycles. The largest absolute Gasteiger partial charge is 0.340 e. The van der Waals surface area contributed by atoms with Gasteiger partial charge in [-0.15, -0.1) is 0 Å². The van der Waals surface area contributed by atoms with E-state index in [-0.39, 0.29) is 23.8 Å². The number of hydrogen-bond donors (Lipinski definition) is 0. The van der Waals surface area contributed by atoms with Gasteiger partial charge in [0.15, 0.2) is 0 Å². The van der Waals surface area contributed by atoms with Crippen LogP contribution >= 0.6 is 11.6 Å². The van der Waals surface area contributed by atoms with E-state index < -0.39 is 0 Å². The van der Waals surface area contributed by atoms with Gasteiger partial charge in [0.1, 0.15) is 0 Å². The SMILES string of the molecule is CC(C)CN1C(=O)CC[C@@H](C(=O)N2CCN(Cc3cccc(Cl)c3)CC2)[C@H]1C. The molecule has 154 valence electrons. The number of benzene rings is 1. The Bertz CT molecular complexity index is 701. The molecule has 2 amide bonds. The van der Waals surface area contributed by atoms with E-state index in [0.717, 1.165) is 44.3 Å². The molecule has 0 saturated carbocycles. The Kier molecular flexibility index (Phi) is 7.00. The van der Waals surface area contributed by atoms with E-state index in [2.05, 4.69) is 24.8 Å². The third-order valence-electron chi connectivity index (χ3n) is 5.92. The lowest BCUT2D eigenvalue weighted by atomic mass is 9.87. The number of nitrogens with zero attached hydrogens (tertiary/aromatic N) is 3. The van der Waals surface area contributed by atoms with E-state index in [4.69, 9.17) is 11.6 Å². The van der Waals surface area contributed by atoms with Crippen molar-refractivity contribution in [1.82, 2.24) is 14.7 Å². The van der Waals surface area contributed by atoms with E-state index in [1.54, 1.807) is 0 Å². The molecule has 2 atom stereocenters. The van der Waals surface area contributed by atoms with E-state index >= 15 is 0 Å². The maximum absolute atomic E-state index is 13.2. The lowest BCUT2D eigenvalue weighted by Gasteiger charge is -2.43. The Morgan fingerprint density at radius 3 is 2.57 bits per heavy atom. The Hall–Kier alpha value is -1.59. The number of halogens is 1. The highest BCUT2D eigenvalue weighted by atomic mass is 35.5. The minimum atomic E-state index is -0.0732. The molecule has 2 aliphatic heterocycles. The first-order valence-electron chi connectivity index (χ1n) is 10.4. The van der Waals surface area contributed by atoms with Crippen LogP contribution in [0, 0.1) is 11.8 Å². The molecular weight excluding hydrogens is 374 g/mol. The summed E-state index contributed by atoms with van der Waals surface area (Å²) in [4.78, 5) is 31.8. The average molecular weight is 406 g/mol. The quantitative estimate of drug-likeness (QED) is 0.755. The summed E-state index contributed by atoms with van der Waals surface area (Å²) in [6, 6.07) is 7.95. The van der Waals surface area contributed by atoms with E-state index in [1.165, 1.54) is 5.56 Å². The molecule has 1 aromatic rings. The first-order chi connectivity index (χ1) is 13.3. The number of carbonyl (C=O) groups is 2. The van der Waals surface area contributed by atoms with Crippen molar-refractivity contribution < 1.29 is 9.59 Å². The summed E-state index contributed by atoms with van der Waals surface area (Å²) in [5, 5.41) is 0.762. The third-order valence-corrected chi connectivity index (χ3v) is 6.16. The molecular formula is C22H32ClN3O2. The molecule has 0 aromatic heterocycles. The van der Waals surface area contributed by atoms with Crippen molar-refractivity contribution in [3.63, 3.8) is 0 Å². The van der Waals surface area contributed by atoms with Crippen LogP contribution in [0.3, 0.4) is 0 Å². The maximum Gasteiger partial charge on any atom is 0.227 e. The molecule has 0 radical (unpaired) electrons. The fourth-order valence-corrected chi connectivity index (χ4v) is 4.57. The summed E-state index contributed by atoms with van der Waals surface area (Å²) in [6.07, 6.45) is 1.17. The zero-order chi connectivity index (χ0) is 20.3. The molecule has 0 N–H and O–H groups in total. The molecule has 0 unspecified atom stereocenters. The van der Waals surface area contributed by atoms with Crippen molar-refractivity contribution in [2.45, 2.75) is 46.2 Å². The van der Waals surface area contributed by atoms with Crippen molar-refractivity contribution in [3.8, 4) is 0 Å². The van der Waals surface area contributed by atoms with Gasteiger partial charge in [-0.2, -0.15) is 0 Å². The molecule has 5 nitrogen and oxygen atoms in total. The second-order valence-electron chi connectivity index (χ2n) is 8.56. The van der Waals surface area contributed by atoms with Crippen LogP contribution in [-0.2, 0) is 16.1 Å². The predicted molar refractivity (Wildman–Crippen MR) is 112 cm³/mol. The summed E-state index contributed by atoms with van der Waals surface area (Å²) >= 11 is 6.08. The van der Waals surface area contributed by atoms with Gasteiger partial charge in [-0.1, -0.05) is 37.6 Å². The number of rotatable bonds is 5. The average Bonchev–Trinajstić information content (AvgIpc) is 2.65. The van der Waals surface area contributed by atoms with Crippen LogP contribution in [0.5, 0.6) is 0 Å². The predicted octanol–water partition coefficient (Wildman–Crippen LogP) is 3.27. The Morgan fingerprint density at radius 1 is 1.21 bits per heavy atom. The summed E-state index contributed by atoms with van der Waals surface area (Å²) in [5.74, 6) is 0.749. The molecule has 6 heteroatoms. The van der Waals surface area contributed by atoms with Crippen LogP contribution in [0.4, 0.5) is 0 Å². The zero-order valence-corrected chi connectivity index (χ0v) is 18.0. The molecule has 0 aliphatic carbocycles. The summed E-state index contributed by atoms with van der Waals surface area (Å²) in [6.45, 7) is 11.1. The zero-order valence-electron chi connectivity index (χ0n) is 17.2. The topological polar surface area (TPSA) is 43.9 Å². The molecule has 28 heavy (non-hydrogen) atoms. The molecule has 1 aromatic carbocycles. The van der Waals surface area contributed by atoms with Crippen molar-refractivity contribution in [2.24, 2.45) is 11.8 Å². The molecule has 0 bridgehead atoms. The molecule has 3 rings (SSSR count). The fraction of sp³-hybridized carbons (Fsp3) is 0.636. The van der Waals surface area contributed by atoms with E-state index in [9.17, 15) is 9.59 Å². The van der Waals surface area contributed by atoms with Gasteiger partial charge >= 0.3 is 0 Å². The molecule has 0 spiro atoms. The lowest BCUT2D eigenvalue weighted by molar-refractivity contribution is -0.148. The number of hydrogen-bond acceptors (Lipinski definition) is 3. The van der Waals surface area contributed by atoms with Gasteiger partial charge in [-0.3, -0.25) is 14.5 Å². The highest BCUT2D eigenvalue weighted by Gasteiger charge is 2.39. The Balaban J connectivity index is 1.55. The highest BCUT2D eigenvalue weighted by Crippen LogP contribution is 2.27. The standard InChI is InChI=1S/C22H32ClN3O2/c1-16(2)14-26-17(3)20(7-8-21(26)27)22(28)25-11-9-24(10-12-25)15-18-5-4-6-19(23)13-18/h4-6,13,16-17,20H,7-12,14-15H2,1-3H3/t17-,20-/m1/s1. The summed E-state index contributed by atoms with van der Waals surface area (Å²) in [7, 11) is 0. The number of amides is 2. The second-order valence-corrected chi connectivity index (χ2v) is 8.99. The van der Waals surface area contributed by atoms with Crippen LogP contribution in [0.25, 0.3) is 0 Å². The number of piperazine rings is 1. The van der Waals surface area contributed by atoms with Gasteiger partial charge in [0.05, 0.1) is 5.92 Å². The summed E-state index contributed by atoms with van der Waals surface area (Å²) < 4.78 is 0. The minimum absolute atomic E-state index is 0.0133. The fourth-order valence-electron chi connectivity index (χ4n) is 4.35. The normalized spacial score (nSPS) is 24.1. The van der Waals surface area contributed by atoms with Gasteiger partial charge in [0, 0.05) is 56.8 Å².